The van der Waals surface area contributed by atoms with Gasteiger partial charge in [-0.05, 0) is 79.0 Å². The van der Waals surface area contributed by atoms with Crippen molar-refractivity contribution >= 4 is 15.2 Å². The van der Waals surface area contributed by atoms with Crippen molar-refractivity contribution in [3.8, 4) is 5.75 Å². The molecule has 9 heteroatoms. The number of phenols is 1. The molecule has 0 saturated heterocycles. The van der Waals surface area contributed by atoms with Crippen LogP contribution in [-0.2, 0) is 51.9 Å². The normalized spacial score (nSPS) is 14.6. The van der Waals surface area contributed by atoms with Crippen LogP contribution in [0.5, 0.6) is 5.75 Å². The van der Waals surface area contributed by atoms with Crippen molar-refractivity contribution in [2.24, 2.45) is 0 Å². The van der Waals surface area contributed by atoms with E-state index < -0.39 is 20.6 Å². The second kappa shape index (κ2) is 13.9. The van der Waals surface area contributed by atoms with Crippen molar-refractivity contribution in [3.05, 3.63) is 28.3 Å². The fourth-order valence-electron chi connectivity index (χ4n) is 4.49. The lowest BCUT2D eigenvalue weighted by atomic mass is 9.82. The van der Waals surface area contributed by atoms with Gasteiger partial charge in [0.25, 0.3) is 0 Å². The molecule has 1 aromatic carbocycles. The molecule has 208 valence electrons. The molecule has 0 heterocycles. The Bertz CT molecular complexity index is 881. The van der Waals surface area contributed by atoms with Crippen LogP contribution in [0.15, 0.2) is 6.07 Å². The number of hydrogen-bond acceptors (Lipinski definition) is 7. The summed E-state index contributed by atoms with van der Waals surface area (Å²) in [5.41, 5.74) is 3.42. The first-order valence-electron chi connectivity index (χ1n) is 13.6. The Kier molecular flexibility index (Phi) is 12.2. The fourth-order valence-corrected chi connectivity index (χ4v) is 10.1. The van der Waals surface area contributed by atoms with Crippen LogP contribution in [0.3, 0.4) is 0 Å². The van der Waals surface area contributed by atoms with Crippen LogP contribution in [0.2, 0.25) is 0 Å². The smallest absolute Gasteiger partial charge is 0.346 e. The van der Waals surface area contributed by atoms with Gasteiger partial charge in [-0.3, -0.25) is 9.13 Å². The number of benzene rings is 1. The summed E-state index contributed by atoms with van der Waals surface area (Å²) in [6, 6.07) is 1.99. The molecule has 1 N–H and O–H groups in total. The molecule has 0 aliphatic heterocycles. The van der Waals surface area contributed by atoms with E-state index in [-0.39, 0.29) is 38.3 Å². The number of aromatic hydroxyl groups is 1. The molecule has 1 aliphatic rings. The molecule has 0 bridgehead atoms. The Balaban J connectivity index is 2.71. The second-order valence-corrected chi connectivity index (χ2v) is 15.4. The van der Waals surface area contributed by atoms with Gasteiger partial charge in [0, 0.05) is 0 Å². The zero-order chi connectivity index (χ0) is 27.0. The zero-order valence-electron chi connectivity index (χ0n) is 23.4. The lowest BCUT2D eigenvalue weighted by molar-refractivity contribution is 0.180. The van der Waals surface area contributed by atoms with Crippen molar-refractivity contribution in [1.82, 2.24) is 0 Å². The predicted molar refractivity (Wildman–Crippen MR) is 147 cm³/mol. The first-order chi connectivity index (χ1) is 17.0. The van der Waals surface area contributed by atoms with Crippen LogP contribution in [-0.4, -0.2) is 36.9 Å². The number of fused-ring (bicyclic) bond motifs is 1. The highest BCUT2D eigenvalue weighted by Crippen LogP contribution is 2.71. The van der Waals surface area contributed by atoms with Crippen LogP contribution in [0.1, 0.15) is 103 Å². The monoisotopic (exact) mass is 546 g/mol. The summed E-state index contributed by atoms with van der Waals surface area (Å²) in [6.07, 6.45) is 5.27. The van der Waals surface area contributed by atoms with Crippen molar-refractivity contribution in [2.75, 3.05) is 26.4 Å². The Labute approximate surface area is 218 Å². The molecule has 7 nitrogen and oxygen atoms in total. The number of hydrogen-bond donors (Lipinski definition) is 1. The quantitative estimate of drug-likeness (QED) is 0.209. The largest absolute Gasteiger partial charge is 0.507 e. The minimum absolute atomic E-state index is 0.168. The molecule has 0 amide bonds. The maximum absolute atomic E-state index is 14.4. The molecular formula is C27H48O7P2. The topological polar surface area (TPSA) is 91.3 Å². The van der Waals surface area contributed by atoms with Gasteiger partial charge in [0.1, 0.15) is 5.75 Å². The molecule has 36 heavy (non-hydrogen) atoms. The van der Waals surface area contributed by atoms with E-state index in [0.717, 1.165) is 41.5 Å². The van der Waals surface area contributed by atoms with Crippen LogP contribution in [0.25, 0.3) is 0 Å². The summed E-state index contributed by atoms with van der Waals surface area (Å²) in [6.45, 7) is 14.8. The molecule has 0 aromatic heterocycles. The summed E-state index contributed by atoms with van der Waals surface area (Å²) >= 11 is 0. The number of rotatable bonds is 16. The third-order valence-electron chi connectivity index (χ3n) is 6.31. The van der Waals surface area contributed by atoms with E-state index in [2.05, 4.69) is 20.8 Å². The maximum atomic E-state index is 14.4. The van der Waals surface area contributed by atoms with Gasteiger partial charge in [0.05, 0.1) is 26.4 Å². The average Bonchev–Trinajstić information content (AvgIpc) is 3.33. The first kappa shape index (κ1) is 31.5. The molecule has 1 aromatic rings. The summed E-state index contributed by atoms with van der Waals surface area (Å²) in [4.78, 5) is 0. The van der Waals surface area contributed by atoms with Crippen LogP contribution < -0.4 is 0 Å². The van der Waals surface area contributed by atoms with Crippen molar-refractivity contribution in [1.29, 1.82) is 0 Å². The highest BCUT2D eigenvalue weighted by Gasteiger charge is 2.51. The Morgan fingerprint density at radius 3 is 1.61 bits per heavy atom. The van der Waals surface area contributed by atoms with E-state index in [1.807, 2.05) is 33.8 Å². The van der Waals surface area contributed by atoms with Gasteiger partial charge < -0.3 is 23.2 Å². The summed E-state index contributed by atoms with van der Waals surface area (Å²) in [5.74, 6) is 0.343. The highest BCUT2D eigenvalue weighted by atomic mass is 31.2. The maximum Gasteiger partial charge on any atom is 0.346 e. The van der Waals surface area contributed by atoms with Crippen LogP contribution in [0.4, 0.5) is 0 Å². The van der Waals surface area contributed by atoms with Crippen LogP contribution in [0, 0.1) is 0 Å². The zero-order valence-corrected chi connectivity index (χ0v) is 25.2. The van der Waals surface area contributed by atoms with Gasteiger partial charge in [-0.25, -0.2) is 0 Å². The standard InChI is InChI=1S/C27H48O7P2/c1-8-15-31-35(29,32-16-9-2)25(36(30,33-17-10-3)34-18-11-4)20-21-19-24(27(5,6)7)26(28)23-14-12-13-22(21)23/h19,25,28H,8-18,20H2,1-7H3. The molecule has 0 fully saturated rings. The Hall–Kier alpha value is -0.680. The number of phenolic OH excluding ortho intramolecular Hbond substituents is 1. The molecule has 0 saturated carbocycles. The summed E-state index contributed by atoms with van der Waals surface area (Å²) < 4.78 is 52.5. The predicted octanol–water partition coefficient (Wildman–Crippen LogP) is 8.14. The van der Waals surface area contributed by atoms with E-state index in [1.54, 1.807) is 0 Å². The SMILES string of the molecule is CCCOP(=O)(OCCC)C(Cc1cc(C(C)(C)C)c(O)c2c1CCC2)P(=O)(OCCC)OCCC. The van der Waals surface area contributed by atoms with Crippen molar-refractivity contribution in [3.63, 3.8) is 0 Å². The Morgan fingerprint density at radius 1 is 0.806 bits per heavy atom. The average molecular weight is 547 g/mol. The van der Waals surface area contributed by atoms with Gasteiger partial charge in [-0.15, -0.1) is 0 Å². The minimum Gasteiger partial charge on any atom is -0.507 e. The van der Waals surface area contributed by atoms with E-state index in [1.165, 1.54) is 0 Å². The van der Waals surface area contributed by atoms with Crippen molar-refractivity contribution < 1.29 is 32.3 Å². The van der Waals surface area contributed by atoms with Crippen molar-refractivity contribution in [2.45, 2.75) is 111 Å². The third-order valence-corrected chi connectivity index (χ3v) is 12.0. The van der Waals surface area contributed by atoms with Gasteiger partial charge in [0.2, 0.25) is 0 Å². The Morgan fingerprint density at radius 2 is 1.22 bits per heavy atom. The second-order valence-electron chi connectivity index (χ2n) is 10.6. The summed E-state index contributed by atoms with van der Waals surface area (Å²) in [7, 11) is -7.80. The molecule has 0 radical (unpaired) electrons. The van der Waals surface area contributed by atoms with Gasteiger partial charge in [-0.2, -0.15) is 0 Å². The highest BCUT2D eigenvalue weighted by molar-refractivity contribution is 7.72. The lowest BCUT2D eigenvalue weighted by Gasteiger charge is -2.33. The van der Waals surface area contributed by atoms with Gasteiger partial charge in [0.15, 0.2) is 5.40 Å². The molecule has 1 aliphatic carbocycles. The summed E-state index contributed by atoms with van der Waals surface area (Å²) in [5, 5.41) is 9.99. The fraction of sp³-hybridized carbons (Fsp3) is 0.778. The van der Waals surface area contributed by atoms with Gasteiger partial charge in [-0.1, -0.05) is 54.5 Å². The molecule has 2 rings (SSSR count). The first-order valence-corrected chi connectivity index (χ1v) is 16.8. The van der Waals surface area contributed by atoms with E-state index in [0.29, 0.717) is 31.4 Å². The van der Waals surface area contributed by atoms with E-state index in [4.69, 9.17) is 18.1 Å². The molecule has 0 atom stereocenters. The van der Waals surface area contributed by atoms with E-state index >= 15 is 0 Å². The van der Waals surface area contributed by atoms with E-state index in [9.17, 15) is 14.2 Å². The van der Waals surface area contributed by atoms with Crippen LogP contribution >= 0.6 is 15.2 Å². The van der Waals surface area contributed by atoms with Gasteiger partial charge >= 0.3 is 15.2 Å². The molecule has 0 unspecified atom stereocenters. The lowest BCUT2D eigenvalue weighted by Crippen LogP contribution is -2.22. The third kappa shape index (κ3) is 7.68. The molecular weight excluding hydrogens is 498 g/mol. The molecule has 0 spiro atoms. The minimum atomic E-state index is -3.90.